The third-order valence-corrected chi connectivity index (χ3v) is 4.08. The van der Waals surface area contributed by atoms with Gasteiger partial charge in [0.2, 0.25) is 0 Å². The molecule has 1 aliphatic heterocycles. The van der Waals surface area contributed by atoms with E-state index in [0.29, 0.717) is 15.9 Å². The molecule has 3 nitrogen and oxygen atoms in total. The van der Waals surface area contributed by atoms with Gasteiger partial charge in [0.25, 0.3) is 0 Å². The largest absolute Gasteiger partial charge is 0.396 e. The van der Waals surface area contributed by atoms with Crippen LogP contribution < -0.4 is 10.6 Å². The van der Waals surface area contributed by atoms with E-state index in [0.717, 1.165) is 37.2 Å². The third-order valence-electron chi connectivity index (χ3n) is 3.62. The van der Waals surface area contributed by atoms with E-state index in [2.05, 4.69) is 4.90 Å². The molecule has 1 aromatic carbocycles. The molecule has 1 atom stereocenters. The number of nitrogens with zero attached hydrogens (tertiary/aromatic N) is 1. The monoisotopic (exact) mass is 298 g/mol. The van der Waals surface area contributed by atoms with Crippen molar-refractivity contribution in [1.29, 1.82) is 0 Å². The number of thiocarbonyl (C=S) groups is 1. The standard InChI is InChI=1S/C14H19ClN2OS/c15-11-3-4-13(12(8-11)14(16)19)17-6-1-2-10(9-17)5-7-18/h3-4,8,10,18H,1-2,5-7,9H2,(H2,16,19). The lowest BCUT2D eigenvalue weighted by molar-refractivity contribution is 0.244. The zero-order chi connectivity index (χ0) is 13.8. The summed E-state index contributed by atoms with van der Waals surface area (Å²) in [5.74, 6) is 0.536. The van der Waals surface area contributed by atoms with Gasteiger partial charge in [0.1, 0.15) is 4.99 Å². The van der Waals surface area contributed by atoms with Crippen LogP contribution in [0.2, 0.25) is 5.02 Å². The molecule has 1 aliphatic rings. The van der Waals surface area contributed by atoms with Gasteiger partial charge in [0.05, 0.1) is 0 Å². The summed E-state index contributed by atoms with van der Waals surface area (Å²) in [7, 11) is 0. The molecule has 0 bridgehead atoms. The fourth-order valence-electron chi connectivity index (χ4n) is 2.68. The first-order valence-corrected chi connectivity index (χ1v) is 7.35. The number of aliphatic hydroxyl groups is 1. The molecule has 0 amide bonds. The zero-order valence-corrected chi connectivity index (χ0v) is 12.4. The van der Waals surface area contributed by atoms with Crippen molar-refractivity contribution in [1.82, 2.24) is 0 Å². The van der Waals surface area contributed by atoms with E-state index >= 15 is 0 Å². The van der Waals surface area contributed by atoms with Crippen LogP contribution in [0.4, 0.5) is 5.69 Å². The maximum atomic E-state index is 9.08. The van der Waals surface area contributed by atoms with Gasteiger partial charge in [-0.3, -0.25) is 0 Å². The molecule has 1 heterocycles. The van der Waals surface area contributed by atoms with Crippen LogP contribution in [0.15, 0.2) is 18.2 Å². The van der Waals surface area contributed by atoms with Crippen molar-refractivity contribution >= 4 is 34.5 Å². The van der Waals surface area contributed by atoms with Crippen LogP contribution >= 0.6 is 23.8 Å². The molecule has 19 heavy (non-hydrogen) atoms. The smallest absolute Gasteiger partial charge is 0.106 e. The van der Waals surface area contributed by atoms with Gasteiger partial charge >= 0.3 is 0 Å². The van der Waals surface area contributed by atoms with Crippen molar-refractivity contribution in [2.45, 2.75) is 19.3 Å². The molecule has 1 unspecified atom stereocenters. The van der Waals surface area contributed by atoms with Crippen molar-refractivity contribution in [2.24, 2.45) is 11.7 Å². The highest BCUT2D eigenvalue weighted by molar-refractivity contribution is 7.80. The number of halogens is 1. The lowest BCUT2D eigenvalue weighted by Crippen LogP contribution is -2.37. The quantitative estimate of drug-likeness (QED) is 0.839. The van der Waals surface area contributed by atoms with Crippen molar-refractivity contribution < 1.29 is 5.11 Å². The summed E-state index contributed by atoms with van der Waals surface area (Å²) in [6, 6.07) is 5.68. The average Bonchev–Trinajstić information content (AvgIpc) is 2.39. The van der Waals surface area contributed by atoms with E-state index in [4.69, 9.17) is 34.7 Å². The van der Waals surface area contributed by atoms with Crippen LogP contribution in [0.1, 0.15) is 24.8 Å². The van der Waals surface area contributed by atoms with E-state index in [-0.39, 0.29) is 6.61 Å². The Balaban J connectivity index is 2.23. The van der Waals surface area contributed by atoms with E-state index in [9.17, 15) is 0 Å². The number of hydrogen-bond acceptors (Lipinski definition) is 3. The summed E-state index contributed by atoms with van der Waals surface area (Å²) < 4.78 is 0. The highest BCUT2D eigenvalue weighted by atomic mass is 35.5. The van der Waals surface area contributed by atoms with Crippen molar-refractivity contribution in [2.75, 3.05) is 24.6 Å². The summed E-state index contributed by atoms with van der Waals surface area (Å²) in [5.41, 5.74) is 7.68. The number of rotatable bonds is 4. The van der Waals surface area contributed by atoms with Gasteiger partial charge in [-0.15, -0.1) is 0 Å². The van der Waals surface area contributed by atoms with E-state index in [1.165, 1.54) is 6.42 Å². The van der Waals surface area contributed by atoms with Gasteiger partial charge in [0, 0.05) is 36.0 Å². The molecule has 1 saturated heterocycles. The number of piperidine rings is 1. The predicted molar refractivity (Wildman–Crippen MR) is 84.0 cm³/mol. The lowest BCUT2D eigenvalue weighted by Gasteiger charge is -2.35. The second kappa shape index (κ2) is 6.55. The van der Waals surface area contributed by atoms with Crippen molar-refractivity contribution in [3.63, 3.8) is 0 Å². The first kappa shape index (κ1) is 14.6. The second-order valence-corrected chi connectivity index (χ2v) is 5.87. The molecular weight excluding hydrogens is 280 g/mol. The maximum absolute atomic E-state index is 9.08. The normalized spacial score (nSPS) is 19.5. The van der Waals surface area contributed by atoms with E-state index in [1.54, 1.807) is 0 Å². The van der Waals surface area contributed by atoms with E-state index in [1.807, 2.05) is 18.2 Å². The molecule has 5 heteroatoms. The SMILES string of the molecule is NC(=S)c1cc(Cl)ccc1N1CCCC(CCO)C1. The van der Waals surface area contributed by atoms with Crippen LogP contribution in [0.25, 0.3) is 0 Å². The molecule has 3 N–H and O–H groups in total. The van der Waals surface area contributed by atoms with Crippen LogP contribution in [0, 0.1) is 5.92 Å². The first-order chi connectivity index (χ1) is 9.11. The minimum absolute atomic E-state index is 0.251. The Morgan fingerprint density at radius 2 is 2.32 bits per heavy atom. The summed E-state index contributed by atoms with van der Waals surface area (Å²) in [5, 5.41) is 9.73. The molecule has 0 aromatic heterocycles. The number of anilines is 1. The van der Waals surface area contributed by atoms with Crippen LogP contribution in [0.5, 0.6) is 0 Å². The number of benzene rings is 1. The summed E-state index contributed by atoms with van der Waals surface area (Å²) >= 11 is 11.1. The van der Waals surface area contributed by atoms with Gasteiger partial charge < -0.3 is 15.7 Å². The Bertz CT molecular complexity index is 465. The Kier molecular flexibility index (Phi) is 5.02. The Hall–Kier alpha value is -0.840. The molecule has 1 fully saturated rings. The molecule has 0 saturated carbocycles. The summed E-state index contributed by atoms with van der Waals surface area (Å²) in [6.07, 6.45) is 3.16. The molecular formula is C14H19ClN2OS. The van der Waals surface area contributed by atoms with Gasteiger partial charge in [-0.25, -0.2) is 0 Å². The molecule has 2 rings (SSSR count). The Labute approximate surface area is 124 Å². The first-order valence-electron chi connectivity index (χ1n) is 6.57. The summed E-state index contributed by atoms with van der Waals surface area (Å²) in [4.78, 5) is 2.68. The predicted octanol–water partition coefficient (Wildman–Crippen LogP) is 2.57. The fraction of sp³-hybridized carbons (Fsp3) is 0.500. The molecule has 1 aromatic rings. The van der Waals surface area contributed by atoms with Gasteiger partial charge in [-0.1, -0.05) is 23.8 Å². The maximum Gasteiger partial charge on any atom is 0.106 e. The van der Waals surface area contributed by atoms with Gasteiger partial charge in [0.15, 0.2) is 0 Å². The molecule has 0 aliphatic carbocycles. The van der Waals surface area contributed by atoms with Crippen molar-refractivity contribution in [3.8, 4) is 0 Å². The van der Waals surface area contributed by atoms with Gasteiger partial charge in [-0.05, 0) is 43.4 Å². The van der Waals surface area contributed by atoms with Crippen LogP contribution in [-0.2, 0) is 0 Å². The summed E-state index contributed by atoms with van der Waals surface area (Å²) in [6.45, 7) is 2.19. The lowest BCUT2D eigenvalue weighted by atomic mass is 9.94. The molecule has 104 valence electrons. The minimum atomic E-state index is 0.251. The molecule has 0 spiro atoms. The highest BCUT2D eigenvalue weighted by Gasteiger charge is 2.22. The van der Waals surface area contributed by atoms with Crippen molar-refractivity contribution in [3.05, 3.63) is 28.8 Å². The highest BCUT2D eigenvalue weighted by Crippen LogP contribution is 2.29. The zero-order valence-electron chi connectivity index (χ0n) is 10.8. The topological polar surface area (TPSA) is 49.5 Å². The van der Waals surface area contributed by atoms with Crippen LogP contribution in [-0.4, -0.2) is 29.8 Å². The Morgan fingerprint density at radius 3 is 3.00 bits per heavy atom. The second-order valence-electron chi connectivity index (χ2n) is 4.99. The van der Waals surface area contributed by atoms with Crippen LogP contribution in [0.3, 0.4) is 0 Å². The number of nitrogens with two attached hydrogens (primary N) is 1. The number of aliphatic hydroxyl groups excluding tert-OH is 1. The van der Waals surface area contributed by atoms with Gasteiger partial charge in [-0.2, -0.15) is 0 Å². The average molecular weight is 299 g/mol. The Morgan fingerprint density at radius 1 is 1.53 bits per heavy atom. The number of hydrogen-bond donors (Lipinski definition) is 2. The van der Waals surface area contributed by atoms with E-state index < -0.39 is 0 Å². The molecule has 0 radical (unpaired) electrons. The minimum Gasteiger partial charge on any atom is -0.396 e. The fourth-order valence-corrected chi connectivity index (χ4v) is 3.02. The third kappa shape index (κ3) is 3.59.